The van der Waals surface area contributed by atoms with Gasteiger partial charge >= 0.3 is 0 Å². The number of alkyl halides is 1. The van der Waals surface area contributed by atoms with Crippen molar-refractivity contribution >= 4 is 29.2 Å². The number of ether oxygens (including phenoxy) is 2. The van der Waals surface area contributed by atoms with Gasteiger partial charge in [0.15, 0.2) is 6.10 Å². The third kappa shape index (κ3) is 4.15. The molecule has 7 nitrogen and oxygen atoms in total. The van der Waals surface area contributed by atoms with Gasteiger partial charge in [0.25, 0.3) is 11.9 Å². The molecular weight excluding hydrogens is 406 g/mol. The van der Waals surface area contributed by atoms with Gasteiger partial charge in [-0.25, -0.2) is 18.8 Å². The van der Waals surface area contributed by atoms with Crippen molar-refractivity contribution in [3.05, 3.63) is 58.6 Å². The summed E-state index contributed by atoms with van der Waals surface area (Å²) in [5.41, 5.74) is 4.79. The van der Waals surface area contributed by atoms with Crippen molar-refractivity contribution in [1.29, 1.82) is 0 Å². The number of methoxy groups -OCH3 is 1. The van der Waals surface area contributed by atoms with Gasteiger partial charge in [-0.3, -0.25) is 4.79 Å². The standard InChI is InChI=1S/C19H19ClF2N4O3/c1-19(16(28-2)15(8-21)29-18(23)26-19)12-7-11(4-5-13(12)22)25-17(27)14-6-3-10(20)9-24-14/h3-7,9,15-16H,8H2,1-2H3,(H2,23,26)(H,25,27)/t15-,16+,19-/m1/s1. The second-order valence-corrected chi connectivity index (χ2v) is 7.01. The van der Waals surface area contributed by atoms with Crippen molar-refractivity contribution in [2.24, 2.45) is 10.7 Å². The predicted octanol–water partition coefficient (Wildman–Crippen LogP) is 3.04. The normalized spacial score (nSPS) is 23.8. The number of aliphatic imine (C=N–C) groups is 1. The summed E-state index contributed by atoms with van der Waals surface area (Å²) in [4.78, 5) is 20.5. The van der Waals surface area contributed by atoms with Crippen LogP contribution in [0.15, 0.2) is 41.5 Å². The molecule has 1 aliphatic rings. The fourth-order valence-corrected chi connectivity index (χ4v) is 3.41. The summed E-state index contributed by atoms with van der Waals surface area (Å²) in [6.07, 6.45) is -0.662. The van der Waals surface area contributed by atoms with Gasteiger partial charge in [0.05, 0.1) is 5.02 Å². The zero-order valence-electron chi connectivity index (χ0n) is 15.7. The molecule has 1 aromatic carbocycles. The number of hydrogen-bond acceptors (Lipinski definition) is 6. The number of carbonyl (C=O) groups is 1. The van der Waals surface area contributed by atoms with Crippen LogP contribution in [0.3, 0.4) is 0 Å². The van der Waals surface area contributed by atoms with Crippen molar-refractivity contribution in [1.82, 2.24) is 4.98 Å². The topological polar surface area (TPSA) is 98.8 Å². The number of hydrogen-bond donors (Lipinski definition) is 2. The minimum absolute atomic E-state index is 0.0657. The van der Waals surface area contributed by atoms with Gasteiger partial charge in [0, 0.05) is 24.6 Å². The third-order valence-electron chi connectivity index (χ3n) is 4.64. The molecule has 0 radical (unpaired) electrons. The number of aromatic nitrogens is 1. The summed E-state index contributed by atoms with van der Waals surface area (Å²) in [6.45, 7) is 0.661. The van der Waals surface area contributed by atoms with E-state index in [1.807, 2.05) is 0 Å². The van der Waals surface area contributed by atoms with Gasteiger partial charge in [-0.05, 0) is 37.3 Å². The summed E-state index contributed by atoms with van der Waals surface area (Å²) in [6, 6.07) is 6.66. The molecule has 10 heteroatoms. The Hall–Kier alpha value is -2.78. The lowest BCUT2D eigenvalue weighted by Crippen LogP contribution is -2.53. The van der Waals surface area contributed by atoms with E-state index < -0.39 is 36.1 Å². The van der Waals surface area contributed by atoms with E-state index >= 15 is 0 Å². The molecular formula is C19H19ClF2N4O3. The first kappa shape index (κ1) is 20.9. The van der Waals surface area contributed by atoms with E-state index in [0.717, 1.165) is 0 Å². The molecule has 1 aliphatic heterocycles. The Morgan fingerprint density at radius 2 is 2.17 bits per heavy atom. The smallest absolute Gasteiger partial charge is 0.283 e. The van der Waals surface area contributed by atoms with Crippen molar-refractivity contribution in [2.45, 2.75) is 24.7 Å². The highest BCUT2D eigenvalue weighted by molar-refractivity contribution is 6.30. The molecule has 154 valence electrons. The van der Waals surface area contributed by atoms with Gasteiger partial charge in [0.2, 0.25) is 0 Å². The number of carbonyl (C=O) groups excluding carboxylic acids is 1. The summed E-state index contributed by atoms with van der Waals surface area (Å²) in [5, 5.41) is 3.02. The van der Waals surface area contributed by atoms with Crippen LogP contribution in [0, 0.1) is 5.82 Å². The van der Waals surface area contributed by atoms with Crippen LogP contribution in [0.1, 0.15) is 23.0 Å². The number of halogens is 3. The van der Waals surface area contributed by atoms with Crippen LogP contribution in [0.4, 0.5) is 14.5 Å². The Labute approximate surface area is 170 Å². The molecule has 3 atom stereocenters. The lowest BCUT2D eigenvalue weighted by Gasteiger charge is -2.41. The average Bonchev–Trinajstić information content (AvgIpc) is 2.69. The summed E-state index contributed by atoms with van der Waals surface area (Å²) < 4.78 is 38.7. The molecule has 3 N–H and O–H groups in total. The maximum Gasteiger partial charge on any atom is 0.283 e. The lowest BCUT2D eigenvalue weighted by atomic mass is 9.83. The quantitative estimate of drug-likeness (QED) is 0.768. The second-order valence-electron chi connectivity index (χ2n) is 6.57. The molecule has 29 heavy (non-hydrogen) atoms. The van der Waals surface area contributed by atoms with Crippen LogP contribution >= 0.6 is 11.6 Å². The average molecular weight is 425 g/mol. The summed E-state index contributed by atoms with van der Waals surface area (Å²) in [7, 11) is 1.35. The highest BCUT2D eigenvalue weighted by Gasteiger charge is 2.47. The second kappa shape index (κ2) is 8.30. The first-order valence-corrected chi connectivity index (χ1v) is 9.00. The van der Waals surface area contributed by atoms with Crippen LogP contribution < -0.4 is 11.1 Å². The molecule has 0 aliphatic carbocycles. The predicted molar refractivity (Wildman–Crippen MR) is 104 cm³/mol. The van der Waals surface area contributed by atoms with Crippen LogP contribution in [0.5, 0.6) is 0 Å². The maximum absolute atomic E-state index is 14.7. The van der Waals surface area contributed by atoms with Gasteiger partial charge in [-0.15, -0.1) is 0 Å². The number of amidine groups is 1. The molecule has 2 aromatic rings. The first-order valence-electron chi connectivity index (χ1n) is 8.62. The zero-order chi connectivity index (χ0) is 21.2. The third-order valence-corrected chi connectivity index (χ3v) is 4.87. The number of anilines is 1. The van der Waals surface area contributed by atoms with E-state index in [1.165, 1.54) is 43.6 Å². The van der Waals surface area contributed by atoms with Gasteiger partial charge in [-0.2, -0.15) is 0 Å². The molecule has 3 rings (SSSR count). The van der Waals surface area contributed by atoms with Gasteiger partial charge in [0.1, 0.15) is 29.8 Å². The number of benzene rings is 1. The van der Waals surface area contributed by atoms with E-state index in [1.54, 1.807) is 6.92 Å². The van der Waals surface area contributed by atoms with Crippen LogP contribution in [-0.4, -0.2) is 42.9 Å². The molecule has 0 spiro atoms. The Kier molecular flexibility index (Phi) is 5.99. The lowest BCUT2D eigenvalue weighted by molar-refractivity contribution is -0.0705. The van der Waals surface area contributed by atoms with Crippen molar-refractivity contribution in [2.75, 3.05) is 19.1 Å². The molecule has 1 amide bonds. The highest BCUT2D eigenvalue weighted by Crippen LogP contribution is 2.39. The molecule has 0 bridgehead atoms. The Morgan fingerprint density at radius 3 is 2.79 bits per heavy atom. The zero-order valence-corrected chi connectivity index (χ0v) is 16.4. The number of nitrogens with two attached hydrogens (primary N) is 1. The van der Waals surface area contributed by atoms with Crippen molar-refractivity contribution < 1.29 is 23.0 Å². The van der Waals surface area contributed by atoms with Gasteiger partial charge < -0.3 is 20.5 Å². The Morgan fingerprint density at radius 1 is 1.41 bits per heavy atom. The highest BCUT2D eigenvalue weighted by atomic mass is 35.5. The maximum atomic E-state index is 14.7. The minimum atomic E-state index is -1.38. The van der Waals surface area contributed by atoms with E-state index in [0.29, 0.717) is 5.02 Å². The molecule has 1 aromatic heterocycles. The molecule has 0 saturated carbocycles. The SMILES string of the molecule is CO[C@H]1[C@@H](CF)OC(N)=N[C@]1(C)c1cc(NC(=O)c2ccc(Cl)cn2)ccc1F. The molecule has 0 unspecified atom stereocenters. The van der Waals surface area contributed by atoms with E-state index in [-0.39, 0.29) is 23.0 Å². The van der Waals surface area contributed by atoms with Gasteiger partial charge in [-0.1, -0.05) is 11.6 Å². The summed E-state index contributed by atoms with van der Waals surface area (Å²) in [5.74, 6) is -1.13. The minimum Gasteiger partial charge on any atom is -0.456 e. The molecule has 2 heterocycles. The molecule has 0 fully saturated rings. The number of rotatable bonds is 5. The van der Waals surface area contributed by atoms with Crippen molar-refractivity contribution in [3.63, 3.8) is 0 Å². The van der Waals surface area contributed by atoms with E-state index in [4.69, 9.17) is 26.8 Å². The fraction of sp³-hybridized carbons (Fsp3) is 0.316. The number of amides is 1. The Bertz CT molecular complexity index is 942. The Balaban J connectivity index is 1.97. The monoisotopic (exact) mass is 424 g/mol. The fourth-order valence-electron chi connectivity index (χ4n) is 3.30. The van der Waals surface area contributed by atoms with Crippen LogP contribution in [0.2, 0.25) is 5.02 Å². The largest absolute Gasteiger partial charge is 0.456 e. The van der Waals surface area contributed by atoms with E-state index in [9.17, 15) is 13.6 Å². The number of nitrogens with one attached hydrogen (secondary N) is 1. The number of nitrogens with zero attached hydrogens (tertiary/aromatic N) is 2. The van der Waals surface area contributed by atoms with Crippen LogP contribution in [0.25, 0.3) is 0 Å². The number of pyridine rings is 1. The van der Waals surface area contributed by atoms with Crippen LogP contribution in [-0.2, 0) is 15.0 Å². The van der Waals surface area contributed by atoms with E-state index in [2.05, 4.69) is 15.3 Å². The molecule has 0 saturated heterocycles. The summed E-state index contributed by atoms with van der Waals surface area (Å²) >= 11 is 5.77. The first-order chi connectivity index (χ1) is 13.8. The van der Waals surface area contributed by atoms with Crippen molar-refractivity contribution in [3.8, 4) is 0 Å².